The van der Waals surface area contributed by atoms with Gasteiger partial charge in [-0.25, -0.2) is 0 Å². The van der Waals surface area contributed by atoms with Gasteiger partial charge < -0.3 is 5.32 Å². The van der Waals surface area contributed by atoms with Gasteiger partial charge in [-0.1, -0.05) is 19.1 Å². The van der Waals surface area contributed by atoms with Crippen molar-refractivity contribution in [1.82, 2.24) is 5.32 Å². The average Bonchev–Trinajstić information content (AvgIpc) is 2.16. The topological polar surface area (TPSA) is 12.0 Å². The van der Waals surface area contributed by atoms with Crippen molar-refractivity contribution in [3.63, 3.8) is 0 Å². The quantitative estimate of drug-likeness (QED) is 0.536. The van der Waals surface area contributed by atoms with Crippen LogP contribution < -0.4 is 5.32 Å². The minimum Gasteiger partial charge on any atom is -0.310 e. The van der Waals surface area contributed by atoms with Crippen molar-refractivity contribution in [2.75, 3.05) is 12.8 Å². The van der Waals surface area contributed by atoms with Gasteiger partial charge in [-0.05, 0) is 32.1 Å². The predicted molar refractivity (Wildman–Crippen MR) is 72.1 cm³/mol. The molecule has 0 aliphatic heterocycles. The van der Waals surface area contributed by atoms with Gasteiger partial charge in [0.1, 0.15) is 0 Å². The monoisotopic (exact) mass is 231 g/mol. The van der Waals surface area contributed by atoms with E-state index in [1.807, 2.05) is 13.2 Å². The lowest BCUT2D eigenvalue weighted by atomic mass is 10.1. The van der Waals surface area contributed by atoms with Crippen LogP contribution in [0.3, 0.4) is 0 Å². The lowest BCUT2D eigenvalue weighted by Crippen LogP contribution is -2.27. The maximum atomic E-state index is 4.44. The molecule has 0 saturated carbocycles. The first kappa shape index (κ1) is 14.1. The van der Waals surface area contributed by atoms with E-state index in [9.17, 15) is 0 Å². The Morgan fingerprint density at radius 2 is 2.14 bits per heavy atom. The third-order valence-electron chi connectivity index (χ3n) is 2.21. The number of nitrogens with one attached hydrogen (secondary N) is 1. The van der Waals surface area contributed by atoms with Crippen LogP contribution in [0.15, 0.2) is 22.0 Å². The number of thioether (sulfide) groups is 1. The van der Waals surface area contributed by atoms with Gasteiger partial charge in [-0.15, -0.1) is 24.4 Å². The third kappa shape index (κ3) is 5.13. The number of rotatable bonds is 6. The summed E-state index contributed by atoms with van der Waals surface area (Å²) >= 11 is 6.10. The predicted octanol–water partition coefficient (Wildman–Crippen LogP) is 3.46. The highest BCUT2D eigenvalue weighted by Gasteiger charge is 2.05. The second-order valence-electron chi connectivity index (χ2n) is 3.46. The van der Waals surface area contributed by atoms with Crippen LogP contribution in [0.25, 0.3) is 0 Å². The van der Waals surface area contributed by atoms with Crippen molar-refractivity contribution in [2.45, 2.75) is 33.2 Å². The van der Waals surface area contributed by atoms with E-state index in [0.29, 0.717) is 6.04 Å². The molecule has 0 radical (unpaired) electrons. The summed E-state index contributed by atoms with van der Waals surface area (Å²) in [5, 5.41) is 3.45. The van der Waals surface area contributed by atoms with Crippen LogP contribution >= 0.6 is 24.4 Å². The van der Waals surface area contributed by atoms with Gasteiger partial charge in [0.25, 0.3) is 0 Å². The summed E-state index contributed by atoms with van der Waals surface area (Å²) in [5.41, 5.74) is 2.32. The molecule has 1 N–H and O–H groups in total. The molecule has 0 fully saturated rings. The molecule has 14 heavy (non-hydrogen) atoms. The molecular formula is C11H21NS2. The first-order chi connectivity index (χ1) is 6.52. The molecule has 0 bridgehead atoms. The maximum absolute atomic E-state index is 4.44. The van der Waals surface area contributed by atoms with Crippen molar-refractivity contribution in [1.29, 1.82) is 0 Å². The Hall–Kier alpha value is 0.140. The molecule has 1 unspecified atom stereocenters. The van der Waals surface area contributed by atoms with Crippen LogP contribution in [0, 0.1) is 0 Å². The lowest BCUT2D eigenvalue weighted by molar-refractivity contribution is 0.561. The van der Waals surface area contributed by atoms with E-state index in [1.165, 1.54) is 5.57 Å². The van der Waals surface area contributed by atoms with E-state index in [0.717, 1.165) is 22.8 Å². The number of hydrogen-bond donors (Lipinski definition) is 2. The minimum atomic E-state index is 0.548. The summed E-state index contributed by atoms with van der Waals surface area (Å²) in [4.78, 5) is 0. The Morgan fingerprint density at radius 1 is 1.57 bits per heavy atom. The number of thiol groups is 1. The van der Waals surface area contributed by atoms with Crippen LogP contribution in [0.1, 0.15) is 27.2 Å². The highest BCUT2D eigenvalue weighted by molar-refractivity contribution is 8.15. The van der Waals surface area contributed by atoms with E-state index in [4.69, 9.17) is 0 Å². The largest absolute Gasteiger partial charge is 0.310 e. The summed E-state index contributed by atoms with van der Waals surface area (Å²) in [7, 11) is 0. The standard InChI is InChI=1S/C11H21NS2/c1-6-9(4)12-7-10(8(2)3)11(13)14-5/h9,12-13H,2,6-7H2,1,3-5H3/b11-10-. The molecule has 0 heterocycles. The van der Waals surface area contributed by atoms with Crippen LogP contribution in [0.4, 0.5) is 0 Å². The molecule has 0 aromatic carbocycles. The first-order valence-corrected chi connectivity index (χ1v) is 6.55. The van der Waals surface area contributed by atoms with Gasteiger partial charge in [0, 0.05) is 16.8 Å². The number of hydrogen-bond acceptors (Lipinski definition) is 3. The van der Waals surface area contributed by atoms with Crippen LogP contribution in [0.2, 0.25) is 0 Å². The molecule has 1 atom stereocenters. The Bertz CT molecular complexity index is 221. The fraction of sp³-hybridized carbons (Fsp3) is 0.636. The summed E-state index contributed by atoms with van der Waals surface area (Å²) in [6, 6.07) is 0.548. The SMILES string of the molecule is C=C(C)/C(CNC(C)CC)=C(/S)SC. The zero-order valence-corrected chi connectivity index (χ0v) is 11.3. The van der Waals surface area contributed by atoms with Gasteiger partial charge >= 0.3 is 0 Å². The fourth-order valence-corrected chi connectivity index (χ4v) is 1.72. The third-order valence-corrected chi connectivity index (χ3v) is 3.66. The van der Waals surface area contributed by atoms with E-state index >= 15 is 0 Å². The van der Waals surface area contributed by atoms with Crippen molar-refractivity contribution < 1.29 is 0 Å². The fourth-order valence-electron chi connectivity index (χ4n) is 0.953. The molecular weight excluding hydrogens is 210 g/mol. The lowest BCUT2D eigenvalue weighted by Gasteiger charge is -2.15. The van der Waals surface area contributed by atoms with Gasteiger partial charge in [-0.2, -0.15) is 0 Å². The second kappa shape index (κ2) is 7.43. The highest BCUT2D eigenvalue weighted by Crippen LogP contribution is 2.24. The second-order valence-corrected chi connectivity index (χ2v) is 5.02. The minimum absolute atomic E-state index is 0.548. The van der Waals surface area contributed by atoms with Crippen LogP contribution in [-0.4, -0.2) is 18.8 Å². The first-order valence-electron chi connectivity index (χ1n) is 4.88. The van der Waals surface area contributed by atoms with Crippen LogP contribution in [0.5, 0.6) is 0 Å². The Labute approximate surface area is 97.8 Å². The average molecular weight is 231 g/mol. The van der Waals surface area contributed by atoms with Crippen molar-refractivity contribution in [2.24, 2.45) is 0 Å². The van der Waals surface area contributed by atoms with Gasteiger partial charge in [0.2, 0.25) is 0 Å². The smallest absolute Gasteiger partial charge is 0.0415 e. The molecule has 1 nitrogen and oxygen atoms in total. The molecule has 0 aliphatic carbocycles. The molecule has 0 saturated heterocycles. The zero-order valence-electron chi connectivity index (χ0n) is 9.55. The van der Waals surface area contributed by atoms with Gasteiger partial charge in [0.15, 0.2) is 0 Å². The maximum Gasteiger partial charge on any atom is 0.0415 e. The molecule has 0 amide bonds. The Kier molecular flexibility index (Phi) is 7.51. The van der Waals surface area contributed by atoms with Crippen molar-refractivity contribution >= 4 is 24.4 Å². The molecule has 3 heteroatoms. The van der Waals surface area contributed by atoms with Crippen molar-refractivity contribution in [3.8, 4) is 0 Å². The summed E-state index contributed by atoms with van der Waals surface area (Å²) in [6.07, 6.45) is 3.18. The molecule has 0 aromatic heterocycles. The Morgan fingerprint density at radius 3 is 2.50 bits per heavy atom. The van der Waals surface area contributed by atoms with Crippen LogP contribution in [-0.2, 0) is 0 Å². The Balaban J connectivity index is 4.33. The molecule has 0 rings (SSSR count). The molecule has 82 valence electrons. The molecule has 0 spiro atoms. The normalized spacial score (nSPS) is 14.9. The zero-order chi connectivity index (χ0) is 11.1. The van der Waals surface area contributed by atoms with E-state index in [1.54, 1.807) is 11.8 Å². The van der Waals surface area contributed by atoms with Gasteiger partial charge in [-0.3, -0.25) is 0 Å². The van der Waals surface area contributed by atoms with Crippen molar-refractivity contribution in [3.05, 3.63) is 22.0 Å². The molecule has 0 aromatic rings. The molecule has 0 aliphatic rings. The summed E-state index contributed by atoms with van der Waals surface area (Å²) < 4.78 is 1.06. The summed E-state index contributed by atoms with van der Waals surface area (Å²) in [5.74, 6) is 0. The summed E-state index contributed by atoms with van der Waals surface area (Å²) in [6.45, 7) is 11.2. The van der Waals surface area contributed by atoms with E-state index < -0.39 is 0 Å². The highest BCUT2D eigenvalue weighted by atomic mass is 32.2. The van der Waals surface area contributed by atoms with Gasteiger partial charge in [0.05, 0.1) is 0 Å². The van der Waals surface area contributed by atoms with E-state index in [2.05, 4.69) is 38.4 Å². The van der Waals surface area contributed by atoms with E-state index in [-0.39, 0.29) is 0 Å².